The van der Waals surface area contributed by atoms with E-state index in [-0.39, 0.29) is 23.1 Å². The quantitative estimate of drug-likeness (QED) is 0.352. The van der Waals surface area contributed by atoms with E-state index in [9.17, 15) is 0 Å². The van der Waals surface area contributed by atoms with Gasteiger partial charge in [-0.25, -0.2) is 0 Å². The van der Waals surface area contributed by atoms with Gasteiger partial charge in [0.1, 0.15) is 0 Å². The molecule has 0 rings (SSSR count). The van der Waals surface area contributed by atoms with Crippen LogP contribution in [0.2, 0.25) is 0 Å². The van der Waals surface area contributed by atoms with Crippen molar-refractivity contribution in [1.82, 2.24) is 9.80 Å². The van der Waals surface area contributed by atoms with Crippen molar-refractivity contribution in [3.63, 3.8) is 0 Å². The molecule has 0 aliphatic heterocycles. The Bertz CT molecular complexity index is 143. The second-order valence-electron chi connectivity index (χ2n) is 2.32. The summed E-state index contributed by atoms with van der Waals surface area (Å²) in [6, 6.07) is 0. The summed E-state index contributed by atoms with van der Waals surface area (Å²) in [6.07, 6.45) is 0. The average molecular weight is 265 g/mol. The van der Waals surface area contributed by atoms with Crippen LogP contribution in [-0.2, 0) is 25.3 Å². The van der Waals surface area contributed by atoms with Gasteiger partial charge in [0.15, 0.2) is 0 Å². The molecule has 0 saturated carbocycles. The van der Waals surface area contributed by atoms with Crippen LogP contribution >= 0.6 is 24.4 Å². The zero-order chi connectivity index (χ0) is 10.3. The minimum atomic E-state index is 0. The fourth-order valence-electron chi connectivity index (χ4n) is 0. The van der Waals surface area contributed by atoms with E-state index in [2.05, 4.69) is 49.7 Å². The standard InChI is InChI=1S/2C3H7NS2.Mg/c2*1-4(2)3(5)6;/h2*1-2H3,(H,5,6);/q;;+2/p-2. The van der Waals surface area contributed by atoms with Crippen LogP contribution in [0.1, 0.15) is 0 Å². The predicted molar refractivity (Wildman–Crippen MR) is 73.1 cm³/mol. The van der Waals surface area contributed by atoms with Crippen molar-refractivity contribution in [2.75, 3.05) is 28.2 Å². The fraction of sp³-hybridized carbons (Fsp3) is 0.667. The second kappa shape index (κ2) is 11.1. The monoisotopic (exact) mass is 264 g/mol. The van der Waals surface area contributed by atoms with Gasteiger partial charge in [-0.2, -0.15) is 0 Å². The molecule has 0 aromatic rings. The van der Waals surface area contributed by atoms with Gasteiger partial charge in [0, 0.05) is 28.2 Å². The van der Waals surface area contributed by atoms with E-state index < -0.39 is 0 Å². The van der Waals surface area contributed by atoms with E-state index >= 15 is 0 Å². The molecule has 0 saturated heterocycles. The minimum absolute atomic E-state index is 0. The van der Waals surface area contributed by atoms with Crippen molar-refractivity contribution in [2.24, 2.45) is 0 Å². The topological polar surface area (TPSA) is 6.48 Å². The van der Waals surface area contributed by atoms with Gasteiger partial charge in [-0.15, -0.1) is 0 Å². The Morgan fingerprint density at radius 2 is 0.923 bits per heavy atom. The Morgan fingerprint density at radius 3 is 0.923 bits per heavy atom. The van der Waals surface area contributed by atoms with Gasteiger partial charge in [0.05, 0.1) is 0 Å². The maximum atomic E-state index is 4.56. The van der Waals surface area contributed by atoms with Crippen LogP contribution < -0.4 is 0 Å². The van der Waals surface area contributed by atoms with Crippen LogP contribution in [-0.4, -0.2) is 69.7 Å². The third kappa shape index (κ3) is 19.4. The zero-order valence-electron chi connectivity index (χ0n) is 8.23. The first-order valence-electron chi connectivity index (χ1n) is 3.05. The number of hydrogen-bond acceptors (Lipinski definition) is 4. The fourth-order valence-corrected chi connectivity index (χ4v) is 0. The van der Waals surface area contributed by atoms with E-state index in [0.717, 1.165) is 0 Å². The maximum Gasteiger partial charge on any atom is 2.00 e. The van der Waals surface area contributed by atoms with E-state index in [1.807, 2.05) is 28.2 Å². The van der Waals surface area contributed by atoms with E-state index in [1.54, 1.807) is 9.80 Å². The molecule has 7 heteroatoms. The van der Waals surface area contributed by atoms with Crippen molar-refractivity contribution < 1.29 is 0 Å². The van der Waals surface area contributed by atoms with E-state index in [4.69, 9.17) is 0 Å². The molecule has 2 nitrogen and oxygen atoms in total. The largest absolute Gasteiger partial charge is 2.00 e. The molecule has 0 amide bonds. The minimum Gasteiger partial charge on any atom is -0.411 e. The summed E-state index contributed by atoms with van der Waals surface area (Å²) in [5, 5.41) is 0. The molecule has 0 aromatic heterocycles. The first kappa shape index (κ1) is 19.5. The molecule has 72 valence electrons. The van der Waals surface area contributed by atoms with Crippen molar-refractivity contribution >= 4 is 81.4 Å². The Morgan fingerprint density at radius 1 is 0.846 bits per heavy atom. The molecule has 0 aromatic carbocycles. The number of rotatable bonds is 0. The summed E-state index contributed by atoms with van der Waals surface area (Å²) < 4.78 is 1.02. The van der Waals surface area contributed by atoms with Crippen LogP contribution in [0.3, 0.4) is 0 Å². The predicted octanol–water partition coefficient (Wildman–Crippen LogP) is 0.379. The molecule has 13 heavy (non-hydrogen) atoms. The third-order valence-corrected chi connectivity index (χ3v) is 2.19. The van der Waals surface area contributed by atoms with E-state index in [1.165, 1.54) is 0 Å². The molecular weight excluding hydrogens is 253 g/mol. The maximum absolute atomic E-state index is 4.56. The van der Waals surface area contributed by atoms with Crippen molar-refractivity contribution in [3.8, 4) is 0 Å². The van der Waals surface area contributed by atoms with Gasteiger partial charge < -0.3 is 59.5 Å². The second-order valence-corrected chi connectivity index (χ2v) is 4.38. The van der Waals surface area contributed by atoms with Gasteiger partial charge in [-0.3, -0.25) is 0 Å². The van der Waals surface area contributed by atoms with Crippen LogP contribution in [0.25, 0.3) is 0 Å². The number of thiocarbonyl (C=S) groups is 2. The third-order valence-electron chi connectivity index (χ3n) is 0.730. The Labute approximate surface area is 118 Å². The molecule has 0 aliphatic carbocycles. The molecule has 0 aliphatic rings. The first-order chi connectivity index (χ1) is 5.29. The van der Waals surface area contributed by atoms with Crippen molar-refractivity contribution in [3.05, 3.63) is 0 Å². The number of nitrogens with zero attached hydrogens (tertiary/aromatic N) is 2. The summed E-state index contributed by atoms with van der Waals surface area (Å²) >= 11 is 18.2. The van der Waals surface area contributed by atoms with Crippen molar-refractivity contribution in [2.45, 2.75) is 0 Å². The Balaban J connectivity index is -0.000000143. The summed E-state index contributed by atoms with van der Waals surface area (Å²) in [4.78, 5) is 3.43. The number of hydrogen-bond donors (Lipinski definition) is 0. The van der Waals surface area contributed by atoms with Crippen LogP contribution in [0.5, 0.6) is 0 Å². The Kier molecular flexibility index (Phi) is 16.6. The van der Waals surface area contributed by atoms with Gasteiger partial charge in [0.25, 0.3) is 0 Å². The smallest absolute Gasteiger partial charge is 0.411 e. The van der Waals surface area contributed by atoms with Crippen molar-refractivity contribution in [1.29, 1.82) is 0 Å². The van der Waals surface area contributed by atoms with Gasteiger partial charge in [-0.05, 0) is 0 Å². The summed E-state index contributed by atoms with van der Waals surface area (Å²) in [5.41, 5.74) is 0. The van der Waals surface area contributed by atoms with E-state index in [0.29, 0.717) is 8.64 Å². The van der Waals surface area contributed by atoms with Crippen LogP contribution in [0.15, 0.2) is 0 Å². The van der Waals surface area contributed by atoms with Crippen LogP contribution in [0.4, 0.5) is 0 Å². The van der Waals surface area contributed by atoms with Gasteiger partial charge in [0.2, 0.25) is 0 Å². The molecule has 0 N–H and O–H groups in total. The molecular formula is C6H12MgN2S4. The molecule has 0 bridgehead atoms. The van der Waals surface area contributed by atoms with Gasteiger partial charge >= 0.3 is 23.1 Å². The molecule has 0 radical (unpaired) electrons. The Hall–Kier alpha value is 0.986. The SMILES string of the molecule is CN(C)C(=S)[S-].CN(C)C(=S)[S-].[Mg+2]. The summed E-state index contributed by atoms with van der Waals surface area (Å²) in [7, 11) is 7.31. The summed E-state index contributed by atoms with van der Waals surface area (Å²) in [5.74, 6) is 0. The molecule has 0 spiro atoms. The molecule has 0 unspecified atom stereocenters. The molecule has 0 atom stereocenters. The van der Waals surface area contributed by atoms with Gasteiger partial charge in [-0.1, -0.05) is 8.64 Å². The zero-order valence-corrected chi connectivity index (χ0v) is 12.9. The average Bonchev–Trinajstić information content (AvgIpc) is 1.88. The normalized spacial score (nSPS) is 7.08. The first-order valence-corrected chi connectivity index (χ1v) is 4.69. The van der Waals surface area contributed by atoms with Crippen LogP contribution in [0, 0.1) is 0 Å². The summed E-state index contributed by atoms with van der Waals surface area (Å²) in [6.45, 7) is 0. The molecule has 0 fully saturated rings. The molecule has 0 heterocycles.